The van der Waals surface area contributed by atoms with Gasteiger partial charge in [-0.3, -0.25) is 0 Å². The Morgan fingerprint density at radius 2 is 1.96 bits per heavy atom. The zero-order chi connectivity index (χ0) is 18.2. The molecule has 1 rings (SSSR count). The molecule has 0 amide bonds. The molecule has 0 atom stereocenters. The van der Waals surface area contributed by atoms with E-state index in [2.05, 4.69) is 43.9 Å². The summed E-state index contributed by atoms with van der Waals surface area (Å²) in [6.07, 6.45) is 1.32. The van der Waals surface area contributed by atoms with Gasteiger partial charge < -0.3 is 9.16 Å². The fourth-order valence-corrected chi connectivity index (χ4v) is 2.74. The van der Waals surface area contributed by atoms with Gasteiger partial charge in [0.2, 0.25) is 0 Å². The molecule has 0 saturated carbocycles. The van der Waals surface area contributed by atoms with E-state index in [-0.39, 0.29) is 11.6 Å². The molecule has 0 aliphatic rings. The first kappa shape index (κ1) is 20.2. The van der Waals surface area contributed by atoms with E-state index in [0.29, 0.717) is 24.5 Å². The van der Waals surface area contributed by atoms with Crippen LogP contribution in [0.1, 0.15) is 26.3 Å². The molecule has 1 aromatic rings. The van der Waals surface area contributed by atoms with Gasteiger partial charge in [-0.25, -0.2) is 4.39 Å². The SMILES string of the molecule is CC(C)(C)[Si](C)(C)OCCOc1ccccc1/C=C(\F)CN=[N+]=[N-]. The van der Waals surface area contributed by atoms with Crippen molar-refractivity contribution in [3.8, 4) is 5.75 Å². The smallest absolute Gasteiger partial charge is 0.192 e. The molecular formula is C17H26FN3O2Si. The molecule has 0 aliphatic carbocycles. The van der Waals surface area contributed by atoms with Crippen molar-refractivity contribution in [2.45, 2.75) is 38.9 Å². The van der Waals surface area contributed by atoms with Gasteiger partial charge in [0, 0.05) is 10.5 Å². The Morgan fingerprint density at radius 3 is 2.58 bits per heavy atom. The van der Waals surface area contributed by atoms with Crippen LogP contribution < -0.4 is 4.74 Å². The standard InChI is InChI=1S/C17H26FN3O2Si/c1-17(2,3)24(4,5)23-11-10-22-16-9-7-6-8-14(16)12-15(18)13-20-21-19/h6-9,12H,10-11,13H2,1-5H3/b15-12-. The summed E-state index contributed by atoms with van der Waals surface area (Å²) in [7, 11) is -1.80. The molecule has 5 nitrogen and oxygen atoms in total. The van der Waals surface area contributed by atoms with Crippen molar-refractivity contribution >= 4 is 14.4 Å². The third-order valence-electron chi connectivity index (χ3n) is 4.13. The first-order valence-corrected chi connectivity index (χ1v) is 10.8. The fraction of sp³-hybridized carbons (Fsp3) is 0.529. The van der Waals surface area contributed by atoms with Gasteiger partial charge in [-0.05, 0) is 35.8 Å². The van der Waals surface area contributed by atoms with Crippen LogP contribution >= 0.6 is 0 Å². The molecule has 0 saturated heterocycles. The van der Waals surface area contributed by atoms with Gasteiger partial charge in [-0.15, -0.1) is 0 Å². The summed E-state index contributed by atoms with van der Waals surface area (Å²) in [4.78, 5) is 2.54. The summed E-state index contributed by atoms with van der Waals surface area (Å²) >= 11 is 0. The summed E-state index contributed by atoms with van der Waals surface area (Å²) in [5, 5.41) is 3.35. The zero-order valence-corrected chi connectivity index (χ0v) is 16.0. The van der Waals surface area contributed by atoms with Gasteiger partial charge in [0.05, 0.1) is 13.2 Å². The topological polar surface area (TPSA) is 67.2 Å². The number of benzene rings is 1. The molecular weight excluding hydrogens is 325 g/mol. The van der Waals surface area contributed by atoms with Crippen LogP contribution in [0.5, 0.6) is 5.75 Å². The molecule has 0 heterocycles. The molecule has 7 heteroatoms. The summed E-state index contributed by atoms with van der Waals surface area (Å²) in [5.74, 6) is 0.0637. The molecule has 0 N–H and O–H groups in total. The van der Waals surface area contributed by atoms with E-state index in [0.717, 1.165) is 0 Å². The Morgan fingerprint density at radius 1 is 1.29 bits per heavy atom. The lowest BCUT2D eigenvalue weighted by Crippen LogP contribution is -2.41. The Hall–Kier alpha value is -1.82. The van der Waals surface area contributed by atoms with Crippen LogP contribution in [0.15, 0.2) is 35.2 Å². The number of para-hydroxylation sites is 1. The quantitative estimate of drug-likeness (QED) is 0.198. The molecule has 0 fully saturated rings. The van der Waals surface area contributed by atoms with Crippen molar-refractivity contribution in [2.75, 3.05) is 19.8 Å². The second-order valence-electron chi connectivity index (χ2n) is 6.98. The lowest BCUT2D eigenvalue weighted by molar-refractivity contribution is 0.203. The third-order valence-corrected chi connectivity index (χ3v) is 8.66. The molecule has 0 aliphatic heterocycles. The third kappa shape index (κ3) is 6.35. The van der Waals surface area contributed by atoms with Gasteiger partial charge in [0.15, 0.2) is 8.32 Å². The normalized spacial score (nSPS) is 12.7. The van der Waals surface area contributed by atoms with Gasteiger partial charge in [0.1, 0.15) is 18.2 Å². The number of nitrogens with zero attached hydrogens (tertiary/aromatic N) is 3. The van der Waals surface area contributed by atoms with Gasteiger partial charge >= 0.3 is 0 Å². The van der Waals surface area contributed by atoms with Crippen molar-refractivity contribution in [3.63, 3.8) is 0 Å². The minimum Gasteiger partial charge on any atom is -0.491 e. The van der Waals surface area contributed by atoms with Gasteiger partial charge in [-0.2, -0.15) is 0 Å². The first-order chi connectivity index (χ1) is 11.2. The van der Waals surface area contributed by atoms with Crippen LogP contribution in [0.4, 0.5) is 4.39 Å². The highest BCUT2D eigenvalue weighted by Gasteiger charge is 2.36. The number of hydrogen-bond acceptors (Lipinski definition) is 3. The largest absolute Gasteiger partial charge is 0.491 e. The van der Waals surface area contributed by atoms with E-state index in [9.17, 15) is 4.39 Å². The average Bonchev–Trinajstić information content (AvgIpc) is 2.50. The number of rotatable bonds is 8. The van der Waals surface area contributed by atoms with Crippen LogP contribution in [0, 0.1) is 0 Å². The van der Waals surface area contributed by atoms with Crippen molar-refractivity contribution < 1.29 is 13.6 Å². The van der Waals surface area contributed by atoms with Crippen molar-refractivity contribution in [3.05, 3.63) is 46.1 Å². The highest BCUT2D eigenvalue weighted by molar-refractivity contribution is 6.74. The first-order valence-electron chi connectivity index (χ1n) is 7.90. The molecule has 132 valence electrons. The number of halogens is 1. The fourth-order valence-electron chi connectivity index (χ4n) is 1.71. The second-order valence-corrected chi connectivity index (χ2v) is 11.8. The maximum Gasteiger partial charge on any atom is 0.192 e. The number of hydrogen-bond donors (Lipinski definition) is 0. The molecule has 1 aromatic carbocycles. The average molecular weight is 351 g/mol. The zero-order valence-electron chi connectivity index (χ0n) is 15.0. The van der Waals surface area contributed by atoms with Crippen molar-refractivity contribution in [1.82, 2.24) is 0 Å². The van der Waals surface area contributed by atoms with E-state index < -0.39 is 14.1 Å². The van der Waals surface area contributed by atoms with Crippen molar-refractivity contribution in [1.29, 1.82) is 0 Å². The minimum absolute atomic E-state index is 0.151. The Labute approximate surface area is 144 Å². The second kappa shape index (κ2) is 8.87. The highest BCUT2D eigenvalue weighted by atomic mass is 28.4. The van der Waals surface area contributed by atoms with E-state index in [1.54, 1.807) is 18.2 Å². The van der Waals surface area contributed by atoms with Crippen LogP contribution in [0.3, 0.4) is 0 Å². The Bertz CT molecular complexity index is 621. The van der Waals surface area contributed by atoms with E-state index in [1.165, 1.54) is 6.08 Å². The van der Waals surface area contributed by atoms with Crippen LogP contribution in [0.25, 0.3) is 16.5 Å². The van der Waals surface area contributed by atoms with E-state index in [4.69, 9.17) is 14.7 Å². The maximum atomic E-state index is 13.7. The molecule has 0 radical (unpaired) electrons. The Kier molecular flexibility index (Phi) is 7.47. The van der Waals surface area contributed by atoms with E-state index in [1.807, 2.05) is 6.07 Å². The maximum absolute atomic E-state index is 13.7. The lowest BCUT2D eigenvalue weighted by atomic mass is 10.2. The minimum atomic E-state index is -1.80. The van der Waals surface area contributed by atoms with Gasteiger partial charge in [0.25, 0.3) is 0 Å². The Balaban J connectivity index is 2.65. The molecule has 0 aromatic heterocycles. The predicted octanol–water partition coefficient (Wildman–Crippen LogP) is 5.71. The van der Waals surface area contributed by atoms with E-state index >= 15 is 0 Å². The number of azide groups is 1. The lowest BCUT2D eigenvalue weighted by Gasteiger charge is -2.36. The van der Waals surface area contributed by atoms with Crippen LogP contribution in [-0.4, -0.2) is 28.1 Å². The molecule has 0 unspecified atom stereocenters. The summed E-state index contributed by atoms with van der Waals surface area (Å²) in [6.45, 7) is 11.5. The molecule has 0 spiro atoms. The summed E-state index contributed by atoms with van der Waals surface area (Å²) in [5.41, 5.74) is 8.84. The van der Waals surface area contributed by atoms with Crippen molar-refractivity contribution in [2.24, 2.45) is 5.11 Å². The predicted molar refractivity (Wildman–Crippen MR) is 98.2 cm³/mol. The number of ether oxygens (including phenoxy) is 1. The monoisotopic (exact) mass is 351 g/mol. The molecule has 24 heavy (non-hydrogen) atoms. The van der Waals surface area contributed by atoms with Gasteiger partial charge in [-0.1, -0.05) is 44.1 Å². The van der Waals surface area contributed by atoms with Crippen LogP contribution in [-0.2, 0) is 4.43 Å². The summed E-state index contributed by atoms with van der Waals surface area (Å²) < 4.78 is 25.4. The van der Waals surface area contributed by atoms with Crippen LogP contribution in [0.2, 0.25) is 18.1 Å². The highest BCUT2D eigenvalue weighted by Crippen LogP contribution is 2.36. The summed E-state index contributed by atoms with van der Waals surface area (Å²) in [6, 6.07) is 7.15. The molecule has 0 bridgehead atoms.